The van der Waals surface area contributed by atoms with Gasteiger partial charge in [0, 0.05) is 11.3 Å². The molecule has 1 heterocycles. The van der Waals surface area contributed by atoms with E-state index in [9.17, 15) is 13.2 Å². The lowest BCUT2D eigenvalue weighted by atomic mass is 10.1. The van der Waals surface area contributed by atoms with Crippen molar-refractivity contribution in [1.82, 2.24) is 4.98 Å². The number of oxazole rings is 1. The normalized spacial score (nSPS) is 11.5. The third-order valence-corrected chi connectivity index (χ3v) is 6.32. The average molecular weight is 427 g/mol. The van der Waals surface area contributed by atoms with Crippen LogP contribution < -0.4 is 5.32 Å². The summed E-state index contributed by atoms with van der Waals surface area (Å²) >= 11 is 0. The number of nitrogens with one attached hydrogen (secondary N) is 1. The molecule has 0 bridgehead atoms. The summed E-state index contributed by atoms with van der Waals surface area (Å²) in [7, 11) is -3.72. The lowest BCUT2D eigenvalue weighted by molar-refractivity contribution is -0.113. The molecule has 1 aromatic heterocycles. The maximum atomic E-state index is 12.6. The number of para-hydroxylation sites is 1. The number of nitrogens with zero attached hydrogens (tertiary/aromatic N) is 1. The van der Waals surface area contributed by atoms with Crippen LogP contribution in [0.15, 0.2) is 46.9 Å². The van der Waals surface area contributed by atoms with Crippen molar-refractivity contribution >= 4 is 21.4 Å². The Morgan fingerprint density at radius 2 is 1.77 bits per heavy atom. The maximum Gasteiger partial charge on any atom is 0.239 e. The molecule has 0 fully saturated rings. The highest BCUT2D eigenvalue weighted by Gasteiger charge is 2.23. The maximum absolute atomic E-state index is 12.6. The number of aromatic nitrogens is 1. The molecule has 0 spiro atoms. The van der Waals surface area contributed by atoms with E-state index in [1.54, 1.807) is 6.92 Å². The highest BCUT2D eigenvalue weighted by atomic mass is 32.2. The summed E-state index contributed by atoms with van der Waals surface area (Å²) in [6.07, 6.45) is 0.740. The number of anilines is 1. The molecule has 3 aromatic rings. The summed E-state index contributed by atoms with van der Waals surface area (Å²) in [6.45, 7) is 7.53. The number of sulfone groups is 1. The van der Waals surface area contributed by atoms with E-state index in [0.717, 1.165) is 28.7 Å². The van der Waals surface area contributed by atoms with Crippen LogP contribution in [0, 0.1) is 20.8 Å². The van der Waals surface area contributed by atoms with Gasteiger partial charge in [0.25, 0.3) is 0 Å². The second kappa shape index (κ2) is 8.83. The molecule has 0 atom stereocenters. The number of hydrogen-bond acceptors (Lipinski definition) is 5. The molecule has 0 saturated carbocycles. The third kappa shape index (κ3) is 5.16. The highest BCUT2D eigenvalue weighted by Crippen LogP contribution is 2.24. The molecule has 1 N–H and O–H groups in total. The van der Waals surface area contributed by atoms with Gasteiger partial charge in [-0.2, -0.15) is 0 Å². The number of carbonyl (C=O) groups is 1. The minimum absolute atomic E-state index is 0.323. The largest absolute Gasteiger partial charge is 0.441 e. The van der Waals surface area contributed by atoms with Gasteiger partial charge in [0.05, 0.1) is 11.4 Å². The first kappa shape index (κ1) is 21.8. The molecule has 1 amide bonds. The van der Waals surface area contributed by atoms with Gasteiger partial charge in [-0.3, -0.25) is 4.79 Å². The van der Waals surface area contributed by atoms with Crippen LogP contribution in [0.5, 0.6) is 0 Å². The molecule has 6 nitrogen and oxygen atoms in total. The van der Waals surface area contributed by atoms with E-state index in [1.807, 2.05) is 63.2 Å². The molecule has 0 saturated heterocycles. The first-order chi connectivity index (χ1) is 14.2. The smallest absolute Gasteiger partial charge is 0.239 e. The van der Waals surface area contributed by atoms with Crippen molar-refractivity contribution in [2.24, 2.45) is 0 Å². The van der Waals surface area contributed by atoms with E-state index in [2.05, 4.69) is 10.3 Å². The Kier molecular flexibility index (Phi) is 6.41. The van der Waals surface area contributed by atoms with Crippen molar-refractivity contribution in [3.8, 4) is 11.5 Å². The molecule has 0 aliphatic carbocycles. The molecule has 0 aliphatic rings. The Morgan fingerprint density at radius 3 is 2.43 bits per heavy atom. The number of aryl methyl sites for hydroxylation is 4. The number of benzene rings is 2. The van der Waals surface area contributed by atoms with E-state index >= 15 is 0 Å². The Morgan fingerprint density at radius 1 is 1.07 bits per heavy atom. The minimum atomic E-state index is -3.72. The first-order valence-corrected chi connectivity index (χ1v) is 11.6. The van der Waals surface area contributed by atoms with Crippen molar-refractivity contribution < 1.29 is 17.6 Å². The molecular weight excluding hydrogens is 400 g/mol. The van der Waals surface area contributed by atoms with Crippen LogP contribution in [0.25, 0.3) is 11.5 Å². The summed E-state index contributed by atoms with van der Waals surface area (Å²) in [5, 5.41) is 2.76. The molecule has 30 heavy (non-hydrogen) atoms. The molecule has 0 radical (unpaired) electrons. The Hall–Kier alpha value is -2.93. The van der Waals surface area contributed by atoms with E-state index < -0.39 is 21.5 Å². The summed E-state index contributed by atoms with van der Waals surface area (Å²) in [5.74, 6) is -0.720. The van der Waals surface area contributed by atoms with Gasteiger partial charge in [-0.1, -0.05) is 42.8 Å². The van der Waals surface area contributed by atoms with Gasteiger partial charge >= 0.3 is 0 Å². The fourth-order valence-corrected chi connectivity index (χ4v) is 4.48. The van der Waals surface area contributed by atoms with Crippen LogP contribution in [-0.2, 0) is 26.8 Å². The molecule has 158 valence electrons. The van der Waals surface area contributed by atoms with Crippen molar-refractivity contribution in [2.75, 3.05) is 11.1 Å². The molecule has 7 heteroatoms. The summed E-state index contributed by atoms with van der Waals surface area (Å²) in [5.41, 5.74) is 4.75. The van der Waals surface area contributed by atoms with E-state index in [-0.39, 0.29) is 5.75 Å². The number of hydrogen-bond donors (Lipinski definition) is 1. The predicted molar refractivity (Wildman–Crippen MR) is 118 cm³/mol. The number of rotatable bonds is 7. The van der Waals surface area contributed by atoms with Crippen molar-refractivity contribution in [3.63, 3.8) is 0 Å². The topological polar surface area (TPSA) is 89.3 Å². The molecule has 0 aliphatic heterocycles. The van der Waals surface area contributed by atoms with Crippen molar-refractivity contribution in [3.05, 3.63) is 70.6 Å². The lowest BCUT2D eigenvalue weighted by Gasteiger charge is -2.13. The van der Waals surface area contributed by atoms with Gasteiger partial charge in [-0.15, -0.1) is 0 Å². The minimum Gasteiger partial charge on any atom is -0.441 e. The van der Waals surface area contributed by atoms with Gasteiger partial charge in [-0.05, 0) is 50.5 Å². The summed E-state index contributed by atoms with van der Waals surface area (Å²) in [4.78, 5) is 16.8. The molecule has 3 rings (SSSR count). The second-order valence-corrected chi connectivity index (χ2v) is 9.50. The Balaban J connectivity index is 1.73. The van der Waals surface area contributed by atoms with E-state index in [0.29, 0.717) is 23.0 Å². The van der Waals surface area contributed by atoms with E-state index in [1.165, 1.54) is 0 Å². The van der Waals surface area contributed by atoms with Gasteiger partial charge in [0.15, 0.2) is 9.84 Å². The van der Waals surface area contributed by atoms with Gasteiger partial charge < -0.3 is 9.73 Å². The fourth-order valence-electron chi connectivity index (χ4n) is 3.22. The molecule has 0 unspecified atom stereocenters. The molecular formula is C23H26N2O4S. The first-order valence-electron chi connectivity index (χ1n) is 9.80. The number of carbonyl (C=O) groups excluding carboxylic acids is 1. The number of amides is 1. The zero-order valence-electron chi connectivity index (χ0n) is 17.7. The van der Waals surface area contributed by atoms with Crippen molar-refractivity contribution in [1.29, 1.82) is 0 Å². The third-order valence-electron chi connectivity index (χ3n) is 4.90. The monoisotopic (exact) mass is 426 g/mol. The van der Waals surface area contributed by atoms with Crippen LogP contribution in [0.1, 0.15) is 35.1 Å². The van der Waals surface area contributed by atoms with E-state index in [4.69, 9.17) is 4.42 Å². The SMILES string of the molecule is CCc1cccc(C)c1NC(=O)CS(=O)(=O)Cc1nc(-c2ccc(C)cc2)oc1C. The summed E-state index contributed by atoms with van der Waals surface area (Å²) in [6, 6.07) is 13.3. The zero-order valence-corrected chi connectivity index (χ0v) is 18.5. The highest BCUT2D eigenvalue weighted by molar-refractivity contribution is 7.91. The molecule has 2 aromatic carbocycles. The van der Waals surface area contributed by atoms with Gasteiger partial charge in [0.1, 0.15) is 11.5 Å². The predicted octanol–water partition coefficient (Wildman–Crippen LogP) is 4.38. The Bertz CT molecular complexity index is 1160. The summed E-state index contributed by atoms with van der Waals surface area (Å²) < 4.78 is 30.9. The average Bonchev–Trinajstić information content (AvgIpc) is 3.03. The Labute approximate surface area is 177 Å². The van der Waals surface area contributed by atoms with Gasteiger partial charge in [0.2, 0.25) is 11.8 Å². The zero-order chi connectivity index (χ0) is 21.9. The van der Waals surface area contributed by atoms with Crippen molar-refractivity contribution in [2.45, 2.75) is 39.9 Å². The quantitative estimate of drug-likeness (QED) is 0.605. The fraction of sp³-hybridized carbons (Fsp3) is 0.304. The van der Waals surface area contributed by atoms with Crippen LogP contribution in [-0.4, -0.2) is 25.1 Å². The second-order valence-electron chi connectivity index (χ2n) is 7.43. The van der Waals surface area contributed by atoms with Crippen LogP contribution in [0.2, 0.25) is 0 Å². The standard InChI is InChI=1S/C23H26N2O4S/c1-5-18-8-6-7-16(3)22(18)25-21(26)14-30(27,28)13-20-17(4)29-23(24-20)19-11-9-15(2)10-12-19/h6-12H,5,13-14H2,1-4H3,(H,25,26). The van der Waals surface area contributed by atoms with Gasteiger partial charge in [-0.25, -0.2) is 13.4 Å². The lowest BCUT2D eigenvalue weighted by Crippen LogP contribution is -2.25. The van der Waals surface area contributed by atoms with Crippen LogP contribution >= 0.6 is 0 Å². The van der Waals surface area contributed by atoms with Crippen LogP contribution in [0.3, 0.4) is 0 Å². The van der Waals surface area contributed by atoms with Crippen LogP contribution in [0.4, 0.5) is 5.69 Å².